The molecule has 0 fully saturated rings. The van der Waals surface area contributed by atoms with Gasteiger partial charge < -0.3 is 0 Å². The number of rotatable bonds is 4. The first-order chi connectivity index (χ1) is 7.90. The second kappa shape index (κ2) is 5.58. The molecule has 0 radical (unpaired) electrons. The van der Waals surface area contributed by atoms with Crippen LogP contribution in [0.15, 0.2) is 60.7 Å². The maximum Gasteiger partial charge on any atom is 0.163 e. The summed E-state index contributed by atoms with van der Waals surface area (Å²) in [6.07, 6.45) is 0.815. The van der Waals surface area contributed by atoms with Crippen LogP contribution in [0.3, 0.4) is 0 Å². The smallest absolute Gasteiger partial charge is 0.163 e. The number of benzene rings is 2. The summed E-state index contributed by atoms with van der Waals surface area (Å²) in [7, 11) is 0.185. The van der Waals surface area contributed by atoms with Gasteiger partial charge in [-0.05, 0) is 17.5 Å². The minimum Gasteiger partial charge on any atom is -0.274 e. The van der Waals surface area contributed by atoms with Gasteiger partial charge in [-0.25, -0.2) is 0 Å². The van der Waals surface area contributed by atoms with E-state index in [2.05, 4.69) is 12.1 Å². The molecule has 2 rings (SSSR count). The monoisotopic (exact) mass is 228 g/mol. The lowest BCUT2D eigenvalue weighted by Crippen LogP contribution is -1.95. The van der Waals surface area contributed by atoms with Crippen molar-refractivity contribution in [3.8, 4) is 0 Å². The molecule has 1 atom stereocenters. The van der Waals surface area contributed by atoms with Crippen LogP contribution >= 0.6 is 8.46 Å². The third kappa shape index (κ3) is 2.77. The highest BCUT2D eigenvalue weighted by Crippen LogP contribution is 2.30. The Balaban J connectivity index is 2.16. The summed E-state index contributed by atoms with van der Waals surface area (Å²) < 4.78 is 11.2. The van der Waals surface area contributed by atoms with Gasteiger partial charge in [0.2, 0.25) is 0 Å². The zero-order valence-electron chi connectivity index (χ0n) is 8.91. The van der Waals surface area contributed by atoms with E-state index in [4.69, 9.17) is 0 Å². The van der Waals surface area contributed by atoms with E-state index >= 15 is 0 Å². The molecule has 2 heteroatoms. The molecule has 0 N–H and O–H groups in total. The Morgan fingerprint density at radius 3 is 2.00 bits per heavy atom. The molecule has 0 heterocycles. The van der Waals surface area contributed by atoms with Crippen molar-refractivity contribution < 1.29 is 4.57 Å². The molecule has 0 saturated carbocycles. The van der Waals surface area contributed by atoms with E-state index in [1.54, 1.807) is 0 Å². The maximum atomic E-state index is 11.2. The van der Waals surface area contributed by atoms with E-state index < -0.39 is 0 Å². The minimum absolute atomic E-state index is 0.0589. The molecule has 0 bridgehead atoms. The predicted molar refractivity (Wildman–Crippen MR) is 66.9 cm³/mol. The Morgan fingerprint density at radius 2 is 1.44 bits per heavy atom. The third-order valence-electron chi connectivity index (χ3n) is 2.58. The summed E-state index contributed by atoms with van der Waals surface area (Å²) in [5, 5.41) is 0. The second-order valence-corrected chi connectivity index (χ2v) is 4.56. The normalized spacial score (nSPS) is 12.5. The molecule has 0 aromatic heterocycles. The highest BCUT2D eigenvalue weighted by Gasteiger charge is 2.11. The Kier molecular flexibility index (Phi) is 3.85. The van der Waals surface area contributed by atoms with E-state index in [1.807, 2.05) is 48.5 Å². The van der Waals surface area contributed by atoms with E-state index in [9.17, 15) is 4.57 Å². The molecule has 2 aromatic carbocycles. The maximum absolute atomic E-state index is 11.2. The van der Waals surface area contributed by atoms with E-state index in [-0.39, 0.29) is 14.1 Å². The van der Waals surface area contributed by atoms with Gasteiger partial charge in [0.05, 0.1) is 5.66 Å². The lowest BCUT2D eigenvalue weighted by atomic mass is 10.0. The van der Waals surface area contributed by atoms with Crippen LogP contribution in [0.5, 0.6) is 0 Å². The van der Waals surface area contributed by atoms with Crippen LogP contribution in [-0.4, -0.2) is 0 Å². The van der Waals surface area contributed by atoms with Gasteiger partial charge >= 0.3 is 0 Å². The standard InChI is InChI=1S/C14H13OP/c15-16-14(13-9-5-2-6-10-13)11-12-7-3-1-4-8-12/h1-10,14H,11H2/t14-/m1/s1. The minimum atomic E-state index is 0.0589. The Bertz CT molecular complexity index is 439. The summed E-state index contributed by atoms with van der Waals surface area (Å²) in [6.45, 7) is 0. The Morgan fingerprint density at radius 1 is 0.875 bits per heavy atom. The molecule has 16 heavy (non-hydrogen) atoms. The largest absolute Gasteiger partial charge is 0.274 e. The van der Waals surface area contributed by atoms with Crippen molar-refractivity contribution in [1.82, 2.24) is 0 Å². The zero-order valence-corrected chi connectivity index (χ0v) is 9.81. The summed E-state index contributed by atoms with van der Waals surface area (Å²) in [6, 6.07) is 20.2. The third-order valence-corrected chi connectivity index (χ3v) is 3.32. The van der Waals surface area contributed by atoms with Gasteiger partial charge in [0.25, 0.3) is 0 Å². The highest BCUT2D eigenvalue weighted by molar-refractivity contribution is 7.24. The van der Waals surface area contributed by atoms with Gasteiger partial charge in [-0.3, -0.25) is 4.57 Å². The molecule has 0 saturated heterocycles. The van der Waals surface area contributed by atoms with Gasteiger partial charge in [0.15, 0.2) is 8.46 Å². The molecule has 2 aromatic rings. The molecule has 0 amide bonds. The van der Waals surface area contributed by atoms with Crippen molar-refractivity contribution in [3.05, 3.63) is 71.8 Å². The Hall–Kier alpha value is -1.46. The molecule has 0 aliphatic heterocycles. The average molecular weight is 228 g/mol. The average Bonchev–Trinajstić information content (AvgIpc) is 2.38. The summed E-state index contributed by atoms with van der Waals surface area (Å²) in [5.74, 6) is 0. The van der Waals surface area contributed by atoms with Crippen molar-refractivity contribution in [3.63, 3.8) is 0 Å². The first-order valence-electron chi connectivity index (χ1n) is 5.31. The SMILES string of the molecule is O=P[C@H](Cc1ccccc1)c1ccccc1. The fraction of sp³-hybridized carbons (Fsp3) is 0.143. The topological polar surface area (TPSA) is 17.1 Å². The first-order valence-corrected chi connectivity index (χ1v) is 6.19. The molecule has 0 spiro atoms. The van der Waals surface area contributed by atoms with Crippen molar-refractivity contribution in [2.45, 2.75) is 12.1 Å². The van der Waals surface area contributed by atoms with E-state index in [1.165, 1.54) is 5.56 Å². The number of hydrogen-bond acceptors (Lipinski definition) is 1. The second-order valence-electron chi connectivity index (χ2n) is 3.72. The van der Waals surface area contributed by atoms with Crippen LogP contribution in [-0.2, 0) is 11.0 Å². The van der Waals surface area contributed by atoms with Gasteiger partial charge in [-0.15, -0.1) is 0 Å². The van der Waals surface area contributed by atoms with Crippen LogP contribution in [0.25, 0.3) is 0 Å². The molecule has 80 valence electrons. The fourth-order valence-electron chi connectivity index (χ4n) is 1.73. The van der Waals surface area contributed by atoms with Crippen LogP contribution in [0.1, 0.15) is 16.8 Å². The van der Waals surface area contributed by atoms with Crippen molar-refractivity contribution >= 4 is 8.46 Å². The van der Waals surface area contributed by atoms with E-state index in [0.29, 0.717) is 0 Å². The fourth-order valence-corrected chi connectivity index (χ4v) is 2.31. The first kappa shape index (κ1) is 11.0. The quantitative estimate of drug-likeness (QED) is 0.714. The van der Waals surface area contributed by atoms with Crippen LogP contribution in [0.4, 0.5) is 0 Å². The molecule has 0 unspecified atom stereocenters. The van der Waals surface area contributed by atoms with Crippen LogP contribution in [0.2, 0.25) is 0 Å². The number of hydrogen-bond donors (Lipinski definition) is 0. The summed E-state index contributed by atoms with van der Waals surface area (Å²) in [4.78, 5) is 0. The van der Waals surface area contributed by atoms with Crippen molar-refractivity contribution in [2.24, 2.45) is 0 Å². The summed E-state index contributed by atoms with van der Waals surface area (Å²) >= 11 is 0. The van der Waals surface area contributed by atoms with Crippen molar-refractivity contribution in [1.29, 1.82) is 0 Å². The molecular weight excluding hydrogens is 215 g/mol. The molecular formula is C14H13OP. The lowest BCUT2D eigenvalue weighted by molar-refractivity contribution is 0.591. The zero-order chi connectivity index (χ0) is 11.2. The molecule has 0 aliphatic rings. The van der Waals surface area contributed by atoms with Gasteiger partial charge in [0, 0.05) is 0 Å². The molecule has 1 nitrogen and oxygen atoms in total. The van der Waals surface area contributed by atoms with E-state index in [0.717, 1.165) is 12.0 Å². The lowest BCUT2D eigenvalue weighted by Gasteiger charge is -2.09. The van der Waals surface area contributed by atoms with Crippen LogP contribution < -0.4 is 0 Å². The van der Waals surface area contributed by atoms with Gasteiger partial charge in [-0.2, -0.15) is 0 Å². The van der Waals surface area contributed by atoms with Crippen LogP contribution in [0, 0.1) is 0 Å². The Labute approximate surface area is 97.3 Å². The predicted octanol–water partition coefficient (Wildman–Crippen LogP) is 4.26. The highest BCUT2D eigenvalue weighted by atomic mass is 31.1. The molecule has 0 aliphatic carbocycles. The van der Waals surface area contributed by atoms with Gasteiger partial charge in [-0.1, -0.05) is 60.7 Å². The summed E-state index contributed by atoms with van der Waals surface area (Å²) in [5.41, 5.74) is 2.41. The van der Waals surface area contributed by atoms with Gasteiger partial charge in [0.1, 0.15) is 0 Å². The van der Waals surface area contributed by atoms with Crippen molar-refractivity contribution in [2.75, 3.05) is 0 Å².